The van der Waals surface area contributed by atoms with Gasteiger partial charge in [0, 0.05) is 0 Å². The average molecular weight is 242 g/mol. The number of nitrogens with two attached hydrogens (primary N) is 1. The predicted octanol–water partition coefficient (Wildman–Crippen LogP) is 1.40. The Kier molecular flexibility index (Phi) is 3.98. The van der Waals surface area contributed by atoms with Crippen LogP contribution in [-0.2, 0) is 0 Å². The van der Waals surface area contributed by atoms with E-state index in [0.717, 1.165) is 5.32 Å². The monoisotopic (exact) mass is 243 g/mol. The second-order valence-electron chi connectivity index (χ2n) is 3.51. The first-order valence-corrected chi connectivity index (χ1v) is 6.62. The van der Waals surface area contributed by atoms with Crippen LogP contribution in [0.25, 0.3) is 0 Å². The number of hydrogen-bond acceptors (Lipinski definition) is 1. The molecule has 1 unspecified atom stereocenters. The molecule has 0 radical (unpaired) electrons. The van der Waals surface area contributed by atoms with Gasteiger partial charge in [0.1, 0.15) is 0 Å². The van der Waals surface area contributed by atoms with E-state index in [1.54, 1.807) is 0 Å². The van der Waals surface area contributed by atoms with Crippen LogP contribution in [0, 0.1) is 13.8 Å². The van der Waals surface area contributed by atoms with Crippen LogP contribution >= 0.6 is 0 Å². The molecule has 1 atom stereocenters. The van der Waals surface area contributed by atoms with E-state index in [1.807, 2.05) is 0 Å². The van der Waals surface area contributed by atoms with E-state index in [-0.39, 0.29) is 0 Å². The predicted molar refractivity (Wildman–Crippen MR) is 59.8 cm³/mol. The van der Waals surface area contributed by atoms with Gasteiger partial charge in [0.25, 0.3) is 0 Å². The minimum atomic E-state index is 0.332. The first kappa shape index (κ1) is 10.8. The summed E-state index contributed by atoms with van der Waals surface area (Å²) < 4.78 is 1.53. The fraction of sp³-hybridized carbons (Fsp3) is 0.455. The van der Waals surface area contributed by atoms with Crippen LogP contribution < -0.4 is 10.2 Å². The molecule has 1 aromatic rings. The van der Waals surface area contributed by atoms with Gasteiger partial charge in [-0.05, 0) is 0 Å². The van der Waals surface area contributed by atoms with E-state index in [1.165, 1.54) is 15.6 Å². The molecule has 2 N–H and O–H groups in total. The quantitative estimate of drug-likeness (QED) is 0.797. The van der Waals surface area contributed by atoms with Crippen molar-refractivity contribution < 1.29 is 0 Å². The Bertz CT molecular complexity index is 261. The molecule has 0 aliphatic rings. The molecule has 0 saturated heterocycles. The molecule has 0 aromatic heterocycles. The summed E-state index contributed by atoms with van der Waals surface area (Å²) in [5.41, 5.74) is 8.59. The van der Waals surface area contributed by atoms with Crippen molar-refractivity contribution in [2.24, 2.45) is 5.73 Å². The third-order valence-electron chi connectivity index (χ3n) is 1.90. The summed E-state index contributed by atoms with van der Waals surface area (Å²) in [5, 5.41) is 1.14. The van der Waals surface area contributed by atoms with E-state index in [9.17, 15) is 0 Å². The average Bonchev–Trinajstić information content (AvgIpc) is 2.03. The summed E-state index contributed by atoms with van der Waals surface area (Å²) in [6, 6.07) is 6.83. The summed E-state index contributed by atoms with van der Waals surface area (Å²) in [5.74, 6) is 0. The van der Waals surface area contributed by atoms with Gasteiger partial charge in [-0.2, -0.15) is 0 Å². The van der Waals surface area contributed by atoms with Crippen molar-refractivity contribution in [3.63, 3.8) is 0 Å². The Hall–Kier alpha value is -0.301. The van der Waals surface area contributed by atoms with E-state index in [4.69, 9.17) is 5.73 Å². The van der Waals surface area contributed by atoms with Crippen molar-refractivity contribution in [1.82, 2.24) is 0 Å². The second kappa shape index (κ2) is 4.80. The van der Waals surface area contributed by atoms with E-state index < -0.39 is 0 Å². The maximum absolute atomic E-state index is 5.76. The molecular weight excluding hydrogens is 225 g/mol. The third-order valence-corrected chi connectivity index (χ3v) is 5.31. The Balaban J connectivity index is 2.75. The van der Waals surface area contributed by atoms with Crippen LogP contribution in [0.5, 0.6) is 0 Å². The van der Waals surface area contributed by atoms with E-state index in [2.05, 4.69) is 39.0 Å². The Morgan fingerprint density at radius 1 is 1.31 bits per heavy atom. The number of benzene rings is 1. The van der Waals surface area contributed by atoms with Crippen LogP contribution in [-0.4, -0.2) is 21.0 Å². The molecular formula is C11H17NSe. The summed E-state index contributed by atoms with van der Waals surface area (Å²) >= 11 is 0.545. The van der Waals surface area contributed by atoms with Crippen LogP contribution in [0.1, 0.15) is 18.1 Å². The van der Waals surface area contributed by atoms with Gasteiger partial charge >= 0.3 is 86.6 Å². The summed E-state index contributed by atoms with van der Waals surface area (Å²) in [6.07, 6.45) is 0. The van der Waals surface area contributed by atoms with Crippen LogP contribution in [0.15, 0.2) is 18.2 Å². The fourth-order valence-electron chi connectivity index (χ4n) is 1.24. The second-order valence-corrected chi connectivity index (χ2v) is 5.67. The number of aryl methyl sites for hydroxylation is 2. The maximum atomic E-state index is 5.76. The molecule has 1 rings (SSSR count). The van der Waals surface area contributed by atoms with E-state index >= 15 is 0 Å². The third kappa shape index (κ3) is 3.15. The Morgan fingerprint density at radius 2 is 1.85 bits per heavy atom. The fourth-order valence-corrected chi connectivity index (χ4v) is 3.38. The minimum absolute atomic E-state index is 0.332. The van der Waals surface area contributed by atoms with Gasteiger partial charge in [0.05, 0.1) is 0 Å². The molecule has 0 aliphatic carbocycles. The molecule has 0 amide bonds. The Labute approximate surface area is 86.9 Å². The van der Waals surface area contributed by atoms with Gasteiger partial charge in [-0.15, -0.1) is 0 Å². The molecule has 72 valence electrons. The Morgan fingerprint density at radius 3 is 2.31 bits per heavy atom. The zero-order valence-electron chi connectivity index (χ0n) is 8.50. The summed E-state index contributed by atoms with van der Waals surface area (Å²) in [6.45, 7) is 6.45. The van der Waals surface area contributed by atoms with Gasteiger partial charge in [-0.1, -0.05) is 0 Å². The molecule has 1 nitrogen and oxygen atoms in total. The van der Waals surface area contributed by atoms with Crippen molar-refractivity contribution in [3.05, 3.63) is 29.3 Å². The van der Waals surface area contributed by atoms with Crippen LogP contribution in [0.2, 0.25) is 5.32 Å². The molecule has 0 spiro atoms. The van der Waals surface area contributed by atoms with Crippen molar-refractivity contribution in [2.75, 3.05) is 0 Å². The summed E-state index contributed by atoms with van der Waals surface area (Å²) in [7, 11) is 0. The first-order chi connectivity index (χ1) is 6.11. The molecule has 1 aromatic carbocycles. The molecule has 0 fully saturated rings. The molecule has 2 heteroatoms. The van der Waals surface area contributed by atoms with Crippen LogP contribution in [0.4, 0.5) is 0 Å². The number of hydrogen-bond donors (Lipinski definition) is 1. The van der Waals surface area contributed by atoms with Gasteiger partial charge in [-0.25, -0.2) is 0 Å². The van der Waals surface area contributed by atoms with Crippen molar-refractivity contribution in [2.45, 2.75) is 32.1 Å². The molecule has 0 bridgehead atoms. The van der Waals surface area contributed by atoms with Gasteiger partial charge in [0.2, 0.25) is 0 Å². The molecule has 0 saturated carbocycles. The zero-order chi connectivity index (χ0) is 9.84. The van der Waals surface area contributed by atoms with Gasteiger partial charge < -0.3 is 0 Å². The molecule has 13 heavy (non-hydrogen) atoms. The summed E-state index contributed by atoms with van der Waals surface area (Å²) in [4.78, 5) is 0. The first-order valence-electron chi connectivity index (χ1n) is 4.56. The molecule has 0 heterocycles. The standard InChI is InChI=1S/C11H17NSe/c1-8-5-4-6-9(2)11(8)13-7-10(3)12/h4-6,10H,7,12H2,1-3H3. The van der Waals surface area contributed by atoms with E-state index in [0.29, 0.717) is 21.0 Å². The van der Waals surface area contributed by atoms with Gasteiger partial charge in [0.15, 0.2) is 0 Å². The van der Waals surface area contributed by atoms with Crippen molar-refractivity contribution in [3.8, 4) is 0 Å². The normalized spacial score (nSPS) is 12.9. The molecule has 0 aliphatic heterocycles. The zero-order valence-corrected chi connectivity index (χ0v) is 10.2. The number of rotatable bonds is 3. The van der Waals surface area contributed by atoms with Crippen molar-refractivity contribution in [1.29, 1.82) is 0 Å². The topological polar surface area (TPSA) is 26.0 Å². The van der Waals surface area contributed by atoms with Gasteiger partial charge in [-0.3, -0.25) is 0 Å². The van der Waals surface area contributed by atoms with Crippen LogP contribution in [0.3, 0.4) is 0 Å². The van der Waals surface area contributed by atoms with Crippen molar-refractivity contribution >= 4 is 19.4 Å². The SMILES string of the molecule is Cc1cccc(C)c1[Se]CC(C)N.